The topological polar surface area (TPSA) is 77.0 Å². The summed E-state index contributed by atoms with van der Waals surface area (Å²) in [5.41, 5.74) is 0.680. The molecule has 0 aliphatic rings. The van der Waals surface area contributed by atoms with E-state index in [2.05, 4.69) is 20.3 Å². The molecule has 0 atom stereocenters. The van der Waals surface area contributed by atoms with Gasteiger partial charge in [0.25, 0.3) is 5.91 Å². The zero-order valence-electron chi connectivity index (χ0n) is 11.5. The maximum absolute atomic E-state index is 12.1. The summed E-state index contributed by atoms with van der Waals surface area (Å²) in [5, 5.41) is 2.72. The van der Waals surface area contributed by atoms with E-state index in [4.69, 9.17) is 4.74 Å². The van der Waals surface area contributed by atoms with Crippen molar-refractivity contribution < 1.29 is 9.53 Å². The standard InChI is InChI=1S/C16H12N4O2/c21-15(14-11-17-9-10-18-14)20-13-7-4-8-19-16(13)22-12-5-2-1-3-6-12/h1-11H,(H,20,21). The molecule has 6 nitrogen and oxygen atoms in total. The van der Waals surface area contributed by atoms with Gasteiger partial charge in [-0.1, -0.05) is 18.2 Å². The molecule has 0 radical (unpaired) electrons. The number of rotatable bonds is 4. The van der Waals surface area contributed by atoms with Crippen LogP contribution >= 0.6 is 0 Å². The van der Waals surface area contributed by atoms with Gasteiger partial charge < -0.3 is 10.1 Å². The second-order valence-corrected chi connectivity index (χ2v) is 4.32. The Labute approximate surface area is 126 Å². The highest BCUT2D eigenvalue weighted by Gasteiger charge is 2.12. The lowest BCUT2D eigenvalue weighted by molar-refractivity contribution is 0.102. The van der Waals surface area contributed by atoms with Crippen LogP contribution in [0.15, 0.2) is 67.3 Å². The van der Waals surface area contributed by atoms with Crippen LogP contribution in [0.2, 0.25) is 0 Å². The van der Waals surface area contributed by atoms with E-state index in [1.54, 1.807) is 18.3 Å². The molecule has 0 aliphatic heterocycles. The van der Waals surface area contributed by atoms with E-state index in [0.717, 1.165) is 0 Å². The Hall–Kier alpha value is -3.28. The van der Waals surface area contributed by atoms with E-state index in [-0.39, 0.29) is 11.6 Å². The fourth-order valence-electron chi connectivity index (χ4n) is 1.77. The fraction of sp³-hybridized carbons (Fsp3) is 0. The van der Waals surface area contributed by atoms with Crippen molar-refractivity contribution in [2.24, 2.45) is 0 Å². The number of carbonyl (C=O) groups excluding carboxylic acids is 1. The first-order chi connectivity index (χ1) is 10.8. The van der Waals surface area contributed by atoms with E-state index in [1.807, 2.05) is 30.3 Å². The number of pyridine rings is 1. The van der Waals surface area contributed by atoms with Crippen molar-refractivity contribution in [3.63, 3.8) is 0 Å². The molecule has 6 heteroatoms. The Kier molecular flexibility index (Phi) is 4.01. The summed E-state index contributed by atoms with van der Waals surface area (Å²) in [4.78, 5) is 24.1. The number of amides is 1. The fourth-order valence-corrected chi connectivity index (χ4v) is 1.77. The van der Waals surface area contributed by atoms with E-state index in [1.165, 1.54) is 18.6 Å². The molecule has 3 rings (SSSR count). The average molecular weight is 292 g/mol. The number of aromatic nitrogens is 3. The highest BCUT2D eigenvalue weighted by atomic mass is 16.5. The molecule has 0 bridgehead atoms. The summed E-state index contributed by atoms with van der Waals surface area (Å²) < 4.78 is 5.68. The Balaban J connectivity index is 1.81. The highest BCUT2D eigenvalue weighted by Crippen LogP contribution is 2.26. The van der Waals surface area contributed by atoms with Crippen LogP contribution < -0.4 is 10.1 Å². The Morgan fingerprint density at radius 2 is 1.82 bits per heavy atom. The molecule has 3 aromatic rings. The molecule has 1 amide bonds. The van der Waals surface area contributed by atoms with Gasteiger partial charge in [0.05, 0.1) is 6.20 Å². The van der Waals surface area contributed by atoms with Gasteiger partial charge in [-0.3, -0.25) is 9.78 Å². The van der Waals surface area contributed by atoms with Crippen molar-refractivity contribution in [3.05, 3.63) is 72.9 Å². The third-order valence-corrected chi connectivity index (χ3v) is 2.77. The average Bonchev–Trinajstić information content (AvgIpc) is 2.58. The minimum Gasteiger partial charge on any atom is -0.437 e. The summed E-state index contributed by atoms with van der Waals surface area (Å²) in [6, 6.07) is 12.6. The van der Waals surface area contributed by atoms with Crippen molar-refractivity contribution in [1.29, 1.82) is 0 Å². The summed E-state index contributed by atoms with van der Waals surface area (Å²) in [6.07, 6.45) is 5.95. The number of hydrogen-bond donors (Lipinski definition) is 1. The lowest BCUT2D eigenvalue weighted by Crippen LogP contribution is -2.14. The monoisotopic (exact) mass is 292 g/mol. The van der Waals surface area contributed by atoms with Crippen molar-refractivity contribution >= 4 is 11.6 Å². The number of para-hydroxylation sites is 1. The number of hydrogen-bond acceptors (Lipinski definition) is 5. The van der Waals surface area contributed by atoms with Gasteiger partial charge in [-0.15, -0.1) is 0 Å². The predicted molar refractivity (Wildman–Crippen MR) is 80.7 cm³/mol. The summed E-state index contributed by atoms with van der Waals surface area (Å²) in [7, 11) is 0. The number of ether oxygens (including phenoxy) is 1. The molecule has 0 aliphatic carbocycles. The van der Waals surface area contributed by atoms with Crippen molar-refractivity contribution in [2.75, 3.05) is 5.32 Å². The smallest absolute Gasteiger partial charge is 0.276 e. The maximum Gasteiger partial charge on any atom is 0.276 e. The zero-order chi connectivity index (χ0) is 15.2. The van der Waals surface area contributed by atoms with Gasteiger partial charge in [0, 0.05) is 18.6 Å². The molecule has 1 N–H and O–H groups in total. The van der Waals surface area contributed by atoms with Crippen LogP contribution in [0.5, 0.6) is 11.6 Å². The van der Waals surface area contributed by atoms with Gasteiger partial charge in [-0.05, 0) is 24.3 Å². The van der Waals surface area contributed by atoms with Crippen LogP contribution in [0.4, 0.5) is 5.69 Å². The third-order valence-electron chi connectivity index (χ3n) is 2.77. The lowest BCUT2D eigenvalue weighted by Gasteiger charge is -2.10. The summed E-state index contributed by atoms with van der Waals surface area (Å²) >= 11 is 0. The SMILES string of the molecule is O=C(Nc1cccnc1Oc1ccccc1)c1cnccn1. The van der Waals surface area contributed by atoms with Gasteiger partial charge in [0.2, 0.25) is 5.88 Å². The number of benzene rings is 1. The Bertz CT molecular complexity index is 763. The summed E-state index contributed by atoms with van der Waals surface area (Å²) in [5.74, 6) is 0.571. The Morgan fingerprint density at radius 1 is 0.955 bits per heavy atom. The molecule has 0 spiro atoms. The first-order valence-electron chi connectivity index (χ1n) is 6.58. The third kappa shape index (κ3) is 3.24. The number of nitrogens with one attached hydrogen (secondary N) is 1. The van der Waals surface area contributed by atoms with Gasteiger partial charge in [-0.2, -0.15) is 0 Å². The van der Waals surface area contributed by atoms with Crippen molar-refractivity contribution in [3.8, 4) is 11.6 Å². The van der Waals surface area contributed by atoms with Crippen LogP contribution in [-0.4, -0.2) is 20.9 Å². The van der Waals surface area contributed by atoms with Gasteiger partial charge >= 0.3 is 0 Å². The minimum atomic E-state index is -0.376. The van der Waals surface area contributed by atoms with E-state index < -0.39 is 0 Å². The van der Waals surface area contributed by atoms with Crippen LogP contribution in [0.1, 0.15) is 10.5 Å². The molecule has 0 saturated heterocycles. The predicted octanol–water partition coefficient (Wildman–Crippen LogP) is 2.92. The van der Waals surface area contributed by atoms with Gasteiger partial charge in [0.15, 0.2) is 0 Å². The van der Waals surface area contributed by atoms with Crippen molar-refractivity contribution in [2.45, 2.75) is 0 Å². The van der Waals surface area contributed by atoms with Crippen LogP contribution in [0.25, 0.3) is 0 Å². The number of carbonyl (C=O) groups is 1. The van der Waals surface area contributed by atoms with Gasteiger partial charge in [-0.25, -0.2) is 9.97 Å². The molecule has 0 saturated carbocycles. The lowest BCUT2D eigenvalue weighted by atomic mass is 10.3. The number of anilines is 1. The largest absolute Gasteiger partial charge is 0.437 e. The van der Waals surface area contributed by atoms with E-state index >= 15 is 0 Å². The van der Waals surface area contributed by atoms with Crippen LogP contribution in [0, 0.1) is 0 Å². The molecule has 2 aromatic heterocycles. The van der Waals surface area contributed by atoms with E-state index in [0.29, 0.717) is 17.3 Å². The summed E-state index contributed by atoms with van der Waals surface area (Å²) in [6.45, 7) is 0. The Morgan fingerprint density at radius 3 is 2.59 bits per heavy atom. The maximum atomic E-state index is 12.1. The van der Waals surface area contributed by atoms with E-state index in [9.17, 15) is 4.79 Å². The first-order valence-corrected chi connectivity index (χ1v) is 6.58. The van der Waals surface area contributed by atoms with Crippen molar-refractivity contribution in [1.82, 2.24) is 15.0 Å². The highest BCUT2D eigenvalue weighted by molar-refractivity contribution is 6.03. The molecular formula is C16H12N4O2. The van der Waals surface area contributed by atoms with Crippen LogP contribution in [-0.2, 0) is 0 Å². The first kappa shape index (κ1) is 13.7. The molecular weight excluding hydrogens is 280 g/mol. The second kappa shape index (κ2) is 6.45. The van der Waals surface area contributed by atoms with Crippen LogP contribution in [0.3, 0.4) is 0 Å². The molecule has 22 heavy (non-hydrogen) atoms. The normalized spacial score (nSPS) is 10.0. The molecule has 0 fully saturated rings. The number of nitrogens with zero attached hydrogens (tertiary/aromatic N) is 3. The molecule has 108 valence electrons. The molecule has 1 aromatic carbocycles. The quantitative estimate of drug-likeness (QED) is 0.800. The molecule has 2 heterocycles. The molecule has 0 unspecified atom stereocenters. The zero-order valence-corrected chi connectivity index (χ0v) is 11.5. The van der Waals surface area contributed by atoms with Gasteiger partial charge in [0.1, 0.15) is 17.1 Å². The second-order valence-electron chi connectivity index (χ2n) is 4.32. The minimum absolute atomic E-state index is 0.219.